The van der Waals surface area contributed by atoms with Gasteiger partial charge in [-0.2, -0.15) is 0 Å². The minimum absolute atomic E-state index is 0.0856. The van der Waals surface area contributed by atoms with E-state index in [-0.39, 0.29) is 11.7 Å². The largest absolute Gasteiger partial charge is 0.464 e. The van der Waals surface area contributed by atoms with Crippen LogP contribution in [-0.4, -0.2) is 78.6 Å². The molecule has 1 amide bonds. The first-order chi connectivity index (χ1) is 16.8. The maximum atomic E-state index is 13.9. The highest BCUT2D eigenvalue weighted by Gasteiger charge is 2.34. The number of amides is 1. The molecule has 188 valence electrons. The fraction of sp³-hybridized carbons (Fsp3) is 0.519. The number of rotatable bonds is 5. The Morgan fingerprint density at radius 3 is 2.46 bits per heavy atom. The lowest BCUT2D eigenvalue weighted by atomic mass is 9.97. The highest BCUT2D eigenvalue weighted by atomic mass is 19.1. The Kier molecular flexibility index (Phi) is 7.69. The number of anilines is 1. The lowest BCUT2D eigenvalue weighted by molar-refractivity contribution is 0.0490. The van der Waals surface area contributed by atoms with Gasteiger partial charge in [0.2, 0.25) is 0 Å². The molecular weight excluding hydrogens is 447 g/mol. The number of benzene rings is 1. The molecular formula is C27H35FN4O3. The van der Waals surface area contributed by atoms with Crippen LogP contribution in [0.25, 0.3) is 0 Å². The zero-order valence-corrected chi connectivity index (χ0v) is 21.1. The van der Waals surface area contributed by atoms with Crippen LogP contribution in [0.4, 0.5) is 10.1 Å². The van der Waals surface area contributed by atoms with Crippen molar-refractivity contribution in [3.63, 3.8) is 0 Å². The number of pyridine rings is 1. The molecule has 8 heteroatoms. The number of halogens is 1. The summed E-state index contributed by atoms with van der Waals surface area (Å²) >= 11 is 0. The van der Waals surface area contributed by atoms with Crippen molar-refractivity contribution >= 4 is 17.6 Å². The molecule has 7 nitrogen and oxygen atoms in total. The Hall–Kier alpha value is -3.00. The van der Waals surface area contributed by atoms with Crippen LogP contribution in [0.2, 0.25) is 0 Å². The topological polar surface area (TPSA) is 66.0 Å². The fourth-order valence-corrected chi connectivity index (χ4v) is 5.35. The van der Waals surface area contributed by atoms with Gasteiger partial charge in [-0.1, -0.05) is 13.0 Å². The lowest BCUT2D eigenvalue weighted by Crippen LogP contribution is -2.58. The fourth-order valence-electron chi connectivity index (χ4n) is 5.35. The van der Waals surface area contributed by atoms with E-state index in [0.717, 1.165) is 50.3 Å². The number of nitrogens with zero attached hydrogens (tertiary/aromatic N) is 4. The van der Waals surface area contributed by atoms with Crippen molar-refractivity contribution in [2.75, 3.05) is 44.7 Å². The first kappa shape index (κ1) is 25.1. The van der Waals surface area contributed by atoms with Gasteiger partial charge < -0.3 is 14.5 Å². The summed E-state index contributed by atoms with van der Waals surface area (Å²) in [6.07, 6.45) is 2.88. The molecule has 0 bridgehead atoms. The highest BCUT2D eigenvalue weighted by molar-refractivity contribution is 5.94. The van der Waals surface area contributed by atoms with Crippen molar-refractivity contribution in [2.24, 2.45) is 0 Å². The standard InChI is InChI=1S/C27H35FN4O3/c1-5-21-17-31(25-9-8-24(27(34)35-4)29-19(25)3)14-15-32(21)22-10-12-30(13-11-22)26(33)20-7-6-18(2)23(28)16-20/h6-9,16,21-22H,5,10-15,17H2,1-4H3/t21-/m0/s1. The van der Waals surface area contributed by atoms with Crippen molar-refractivity contribution in [3.8, 4) is 0 Å². The van der Waals surface area contributed by atoms with E-state index in [4.69, 9.17) is 4.74 Å². The van der Waals surface area contributed by atoms with E-state index in [0.29, 0.717) is 42.0 Å². The Morgan fingerprint density at radius 1 is 1.09 bits per heavy atom. The number of piperidine rings is 1. The van der Waals surface area contributed by atoms with Crippen LogP contribution < -0.4 is 4.90 Å². The number of esters is 1. The Bertz CT molecular complexity index is 1080. The minimum atomic E-state index is -0.423. The summed E-state index contributed by atoms with van der Waals surface area (Å²) in [5.74, 6) is -0.842. The highest BCUT2D eigenvalue weighted by Crippen LogP contribution is 2.28. The third-order valence-electron chi connectivity index (χ3n) is 7.43. The minimum Gasteiger partial charge on any atom is -0.464 e. The average Bonchev–Trinajstić information content (AvgIpc) is 2.89. The summed E-state index contributed by atoms with van der Waals surface area (Å²) in [4.78, 5) is 36.0. The molecule has 1 atom stereocenters. The number of hydrogen-bond acceptors (Lipinski definition) is 6. The van der Waals surface area contributed by atoms with Crippen LogP contribution in [0.3, 0.4) is 0 Å². The summed E-state index contributed by atoms with van der Waals surface area (Å²) < 4.78 is 18.7. The lowest BCUT2D eigenvalue weighted by Gasteiger charge is -2.48. The number of ether oxygens (including phenoxy) is 1. The zero-order chi connectivity index (χ0) is 25.1. The van der Waals surface area contributed by atoms with Gasteiger partial charge in [0.1, 0.15) is 11.5 Å². The monoisotopic (exact) mass is 482 g/mol. The van der Waals surface area contributed by atoms with Crippen molar-refractivity contribution in [2.45, 2.75) is 52.1 Å². The molecule has 1 aromatic heterocycles. The van der Waals surface area contributed by atoms with Gasteiger partial charge in [-0.15, -0.1) is 0 Å². The van der Waals surface area contributed by atoms with Crippen molar-refractivity contribution in [1.82, 2.24) is 14.8 Å². The smallest absolute Gasteiger partial charge is 0.356 e. The molecule has 2 aromatic rings. The summed E-state index contributed by atoms with van der Waals surface area (Å²) in [6, 6.07) is 9.27. The number of piperazine rings is 1. The third-order valence-corrected chi connectivity index (χ3v) is 7.43. The number of likely N-dealkylation sites (tertiary alicyclic amines) is 1. The van der Waals surface area contributed by atoms with Gasteiger partial charge in [0, 0.05) is 50.4 Å². The molecule has 4 rings (SSSR count). The molecule has 0 unspecified atom stereocenters. The normalized spacial score (nSPS) is 19.6. The summed E-state index contributed by atoms with van der Waals surface area (Å²) in [5, 5.41) is 0. The quantitative estimate of drug-likeness (QED) is 0.604. The van der Waals surface area contributed by atoms with E-state index in [1.54, 1.807) is 25.1 Å². The van der Waals surface area contributed by atoms with Gasteiger partial charge in [-0.3, -0.25) is 9.69 Å². The molecule has 35 heavy (non-hydrogen) atoms. The maximum Gasteiger partial charge on any atom is 0.356 e. The Labute approximate surface area is 206 Å². The van der Waals surface area contributed by atoms with Crippen LogP contribution in [0.15, 0.2) is 30.3 Å². The molecule has 0 spiro atoms. The number of hydrogen-bond donors (Lipinski definition) is 0. The molecule has 2 fully saturated rings. The van der Waals surface area contributed by atoms with E-state index >= 15 is 0 Å². The van der Waals surface area contributed by atoms with Crippen LogP contribution in [0.1, 0.15) is 58.3 Å². The van der Waals surface area contributed by atoms with E-state index in [2.05, 4.69) is 21.7 Å². The van der Waals surface area contributed by atoms with E-state index < -0.39 is 5.97 Å². The van der Waals surface area contributed by atoms with Crippen LogP contribution in [0.5, 0.6) is 0 Å². The molecule has 1 aromatic carbocycles. The third kappa shape index (κ3) is 5.32. The van der Waals surface area contributed by atoms with Crippen molar-refractivity contribution in [1.29, 1.82) is 0 Å². The predicted octanol–water partition coefficient (Wildman–Crippen LogP) is 3.83. The molecule has 0 aliphatic carbocycles. The molecule has 0 saturated carbocycles. The second kappa shape index (κ2) is 10.7. The number of methoxy groups -OCH3 is 1. The number of aryl methyl sites for hydroxylation is 2. The Balaban J connectivity index is 1.37. The van der Waals surface area contributed by atoms with Gasteiger partial charge >= 0.3 is 5.97 Å². The Morgan fingerprint density at radius 2 is 1.83 bits per heavy atom. The van der Waals surface area contributed by atoms with Gasteiger partial charge in [-0.05, 0) is 62.9 Å². The number of carbonyl (C=O) groups is 2. The first-order valence-electron chi connectivity index (χ1n) is 12.4. The molecule has 0 N–H and O–H groups in total. The average molecular weight is 483 g/mol. The van der Waals surface area contributed by atoms with Gasteiger partial charge in [0.15, 0.2) is 0 Å². The van der Waals surface area contributed by atoms with Gasteiger partial charge in [-0.25, -0.2) is 14.2 Å². The zero-order valence-electron chi connectivity index (χ0n) is 21.1. The van der Waals surface area contributed by atoms with E-state index in [1.165, 1.54) is 13.2 Å². The molecule has 0 radical (unpaired) electrons. The van der Waals surface area contributed by atoms with E-state index in [1.807, 2.05) is 17.9 Å². The number of carbonyl (C=O) groups excluding carboxylic acids is 2. The predicted molar refractivity (Wildman–Crippen MR) is 133 cm³/mol. The summed E-state index contributed by atoms with van der Waals surface area (Å²) in [6.45, 7) is 9.96. The van der Waals surface area contributed by atoms with Gasteiger partial charge in [0.25, 0.3) is 5.91 Å². The van der Waals surface area contributed by atoms with Crippen LogP contribution >= 0.6 is 0 Å². The second-order valence-corrected chi connectivity index (χ2v) is 9.53. The number of aromatic nitrogens is 1. The van der Waals surface area contributed by atoms with Gasteiger partial charge in [0.05, 0.1) is 18.5 Å². The first-order valence-corrected chi connectivity index (χ1v) is 12.4. The second-order valence-electron chi connectivity index (χ2n) is 9.53. The van der Waals surface area contributed by atoms with Crippen LogP contribution in [0, 0.1) is 19.7 Å². The molecule has 3 heterocycles. The van der Waals surface area contributed by atoms with E-state index in [9.17, 15) is 14.0 Å². The molecule has 2 saturated heterocycles. The summed E-state index contributed by atoms with van der Waals surface area (Å²) in [5.41, 5.74) is 3.19. The van der Waals surface area contributed by atoms with Crippen molar-refractivity contribution < 1.29 is 18.7 Å². The molecule has 2 aliphatic heterocycles. The van der Waals surface area contributed by atoms with Crippen LogP contribution in [-0.2, 0) is 4.74 Å². The maximum absolute atomic E-state index is 13.9. The SMILES string of the molecule is CC[C@H]1CN(c2ccc(C(=O)OC)nc2C)CCN1C1CCN(C(=O)c2ccc(C)c(F)c2)CC1. The van der Waals surface area contributed by atoms with Crippen molar-refractivity contribution in [3.05, 3.63) is 58.7 Å². The summed E-state index contributed by atoms with van der Waals surface area (Å²) in [7, 11) is 1.36. The molecule has 2 aliphatic rings.